The molecule has 2 nitrogen and oxygen atoms in total. The molecule has 0 aromatic heterocycles. The first-order valence-corrected chi connectivity index (χ1v) is 9.83. The van der Waals surface area contributed by atoms with Crippen molar-refractivity contribution in [3.05, 3.63) is 58.7 Å². The maximum absolute atomic E-state index is 5.71. The lowest BCUT2D eigenvalue weighted by atomic mass is 9.77. The minimum absolute atomic E-state index is 0.116. The van der Waals surface area contributed by atoms with Crippen molar-refractivity contribution >= 4 is 0 Å². The molecule has 0 saturated heterocycles. The van der Waals surface area contributed by atoms with Gasteiger partial charge in [-0.1, -0.05) is 77.9 Å². The van der Waals surface area contributed by atoms with Crippen molar-refractivity contribution in [2.75, 3.05) is 27.4 Å². The van der Waals surface area contributed by atoms with Crippen LogP contribution in [0.4, 0.5) is 0 Å². The first kappa shape index (κ1) is 20.1. The number of methoxy groups -OCH3 is 2. The van der Waals surface area contributed by atoms with E-state index in [1.165, 1.54) is 33.4 Å². The molecular formula is C25H34O2. The van der Waals surface area contributed by atoms with Crippen LogP contribution >= 0.6 is 0 Å². The van der Waals surface area contributed by atoms with Crippen molar-refractivity contribution in [2.45, 2.75) is 57.8 Å². The minimum Gasteiger partial charge on any atom is -0.383 e. The van der Waals surface area contributed by atoms with E-state index in [9.17, 15) is 0 Å². The molecule has 3 rings (SSSR count). The van der Waals surface area contributed by atoms with Gasteiger partial charge in [0.05, 0.1) is 18.6 Å². The summed E-state index contributed by atoms with van der Waals surface area (Å²) in [6.45, 7) is 14.9. The van der Waals surface area contributed by atoms with Crippen LogP contribution in [0.25, 0.3) is 11.1 Å². The Bertz CT molecular complexity index is 763. The second-order valence-electron chi connectivity index (χ2n) is 9.97. The van der Waals surface area contributed by atoms with Gasteiger partial charge in [0.1, 0.15) is 0 Å². The summed E-state index contributed by atoms with van der Waals surface area (Å²) >= 11 is 0. The summed E-state index contributed by atoms with van der Waals surface area (Å²) in [4.78, 5) is 0. The van der Waals surface area contributed by atoms with Crippen molar-refractivity contribution in [1.29, 1.82) is 0 Å². The fraction of sp³-hybridized carbons (Fsp3) is 0.520. The molecular weight excluding hydrogens is 332 g/mol. The van der Waals surface area contributed by atoms with Gasteiger partial charge in [0, 0.05) is 14.2 Å². The monoisotopic (exact) mass is 366 g/mol. The molecule has 0 saturated carbocycles. The average molecular weight is 367 g/mol. The fourth-order valence-electron chi connectivity index (χ4n) is 4.29. The van der Waals surface area contributed by atoms with Crippen LogP contribution in [0.3, 0.4) is 0 Å². The summed E-state index contributed by atoms with van der Waals surface area (Å²) in [6.07, 6.45) is 0. The molecule has 0 fully saturated rings. The van der Waals surface area contributed by atoms with E-state index in [1.54, 1.807) is 14.2 Å². The van der Waals surface area contributed by atoms with Crippen LogP contribution in [-0.4, -0.2) is 27.4 Å². The predicted octanol–water partition coefficient (Wildman–Crippen LogP) is 5.84. The van der Waals surface area contributed by atoms with Gasteiger partial charge in [0.15, 0.2) is 0 Å². The second-order valence-corrected chi connectivity index (χ2v) is 9.97. The number of ether oxygens (including phenoxy) is 2. The third kappa shape index (κ3) is 3.34. The lowest BCUT2D eigenvalue weighted by Crippen LogP contribution is -2.36. The second kappa shape index (κ2) is 6.76. The van der Waals surface area contributed by atoms with Gasteiger partial charge in [-0.2, -0.15) is 0 Å². The van der Waals surface area contributed by atoms with Crippen LogP contribution in [0.1, 0.15) is 63.8 Å². The molecule has 1 aliphatic rings. The van der Waals surface area contributed by atoms with E-state index < -0.39 is 0 Å². The van der Waals surface area contributed by atoms with Gasteiger partial charge in [0.25, 0.3) is 0 Å². The van der Waals surface area contributed by atoms with Gasteiger partial charge in [-0.3, -0.25) is 0 Å². The highest BCUT2D eigenvalue weighted by Gasteiger charge is 2.44. The number of rotatable bonds is 4. The summed E-state index contributed by atoms with van der Waals surface area (Å²) in [5.74, 6) is 0. The van der Waals surface area contributed by atoms with E-state index in [0.717, 1.165) is 0 Å². The van der Waals surface area contributed by atoms with Crippen molar-refractivity contribution < 1.29 is 9.47 Å². The zero-order valence-electron chi connectivity index (χ0n) is 18.2. The highest BCUT2D eigenvalue weighted by Crippen LogP contribution is 2.51. The van der Waals surface area contributed by atoms with E-state index in [1.807, 2.05) is 0 Å². The molecule has 0 amide bonds. The number of hydrogen-bond donors (Lipinski definition) is 0. The molecule has 0 bridgehead atoms. The first-order chi connectivity index (χ1) is 12.5. The number of benzene rings is 2. The quantitative estimate of drug-likeness (QED) is 0.676. The van der Waals surface area contributed by atoms with E-state index in [0.29, 0.717) is 13.2 Å². The normalized spacial score (nSPS) is 15.6. The van der Waals surface area contributed by atoms with Crippen molar-refractivity contribution in [3.8, 4) is 11.1 Å². The standard InChI is InChI=1S/C25H34O2/c1-23(2,3)17-9-11-21-19(13-17)20-14-18(24(4,5)6)10-12-22(20)25(21,15-26-7)16-27-8/h9-14H,15-16H2,1-8H3. The molecule has 0 heterocycles. The van der Waals surface area contributed by atoms with Crippen molar-refractivity contribution in [1.82, 2.24) is 0 Å². The zero-order chi connectivity index (χ0) is 20.0. The van der Waals surface area contributed by atoms with Gasteiger partial charge in [-0.05, 0) is 44.2 Å². The third-order valence-corrected chi connectivity index (χ3v) is 5.87. The van der Waals surface area contributed by atoms with Crippen LogP contribution in [-0.2, 0) is 25.7 Å². The number of hydrogen-bond acceptors (Lipinski definition) is 2. The Labute approximate surface area is 164 Å². The Morgan fingerprint density at radius 2 is 1.04 bits per heavy atom. The summed E-state index contributed by atoms with van der Waals surface area (Å²) < 4.78 is 11.4. The molecule has 0 spiro atoms. The lowest BCUT2D eigenvalue weighted by Gasteiger charge is -2.31. The Kier molecular flexibility index (Phi) is 5.03. The maximum atomic E-state index is 5.71. The fourth-order valence-corrected chi connectivity index (χ4v) is 4.29. The van der Waals surface area contributed by atoms with Crippen LogP contribution < -0.4 is 0 Å². The van der Waals surface area contributed by atoms with Gasteiger partial charge >= 0.3 is 0 Å². The zero-order valence-corrected chi connectivity index (χ0v) is 18.2. The van der Waals surface area contributed by atoms with Gasteiger partial charge in [0.2, 0.25) is 0 Å². The molecule has 1 aliphatic carbocycles. The van der Waals surface area contributed by atoms with Crippen molar-refractivity contribution in [2.24, 2.45) is 0 Å². The summed E-state index contributed by atoms with van der Waals surface area (Å²) in [5.41, 5.74) is 8.00. The Morgan fingerprint density at radius 3 is 1.33 bits per heavy atom. The molecule has 0 radical (unpaired) electrons. The maximum Gasteiger partial charge on any atom is 0.0681 e. The molecule has 0 aliphatic heterocycles. The smallest absolute Gasteiger partial charge is 0.0681 e. The van der Waals surface area contributed by atoms with Gasteiger partial charge < -0.3 is 9.47 Å². The van der Waals surface area contributed by atoms with E-state index in [4.69, 9.17) is 9.47 Å². The summed E-state index contributed by atoms with van der Waals surface area (Å²) in [5, 5.41) is 0. The molecule has 0 atom stereocenters. The van der Waals surface area contributed by atoms with Crippen LogP contribution in [0.2, 0.25) is 0 Å². The van der Waals surface area contributed by atoms with Crippen LogP contribution in [0, 0.1) is 0 Å². The lowest BCUT2D eigenvalue weighted by molar-refractivity contribution is 0.0814. The van der Waals surface area contributed by atoms with Crippen LogP contribution in [0.15, 0.2) is 36.4 Å². The van der Waals surface area contributed by atoms with Crippen molar-refractivity contribution in [3.63, 3.8) is 0 Å². The molecule has 27 heavy (non-hydrogen) atoms. The highest BCUT2D eigenvalue weighted by molar-refractivity contribution is 5.82. The average Bonchev–Trinajstić information content (AvgIpc) is 2.84. The molecule has 2 aromatic rings. The Balaban J connectivity index is 2.32. The Hall–Kier alpha value is -1.64. The van der Waals surface area contributed by atoms with E-state index in [2.05, 4.69) is 77.9 Å². The molecule has 0 unspecified atom stereocenters. The van der Waals surface area contributed by atoms with Gasteiger partial charge in [-0.15, -0.1) is 0 Å². The molecule has 0 N–H and O–H groups in total. The summed E-state index contributed by atoms with van der Waals surface area (Å²) in [6, 6.07) is 13.9. The topological polar surface area (TPSA) is 18.5 Å². The van der Waals surface area contributed by atoms with E-state index in [-0.39, 0.29) is 16.2 Å². The minimum atomic E-state index is -0.249. The third-order valence-electron chi connectivity index (χ3n) is 5.87. The van der Waals surface area contributed by atoms with Crippen LogP contribution in [0.5, 0.6) is 0 Å². The molecule has 2 aromatic carbocycles. The highest BCUT2D eigenvalue weighted by atomic mass is 16.5. The van der Waals surface area contributed by atoms with E-state index >= 15 is 0 Å². The predicted molar refractivity (Wildman–Crippen MR) is 114 cm³/mol. The number of fused-ring (bicyclic) bond motifs is 3. The first-order valence-electron chi connectivity index (χ1n) is 9.83. The molecule has 2 heteroatoms. The largest absolute Gasteiger partial charge is 0.383 e. The summed E-state index contributed by atoms with van der Waals surface area (Å²) in [7, 11) is 3.56. The Morgan fingerprint density at radius 1 is 0.667 bits per heavy atom. The molecule has 146 valence electrons. The van der Waals surface area contributed by atoms with Gasteiger partial charge in [-0.25, -0.2) is 0 Å². The SMILES string of the molecule is COCC1(COC)c2ccc(C(C)(C)C)cc2-c2cc(C(C)(C)C)ccc21.